The Kier molecular flexibility index (Phi) is 35.0. The number of carbonyl (C=O) groups excluding carboxylic acids is 2. The van der Waals surface area contributed by atoms with Gasteiger partial charge in [0.2, 0.25) is 0 Å². The van der Waals surface area contributed by atoms with Crippen molar-refractivity contribution in [1.82, 2.24) is 0 Å². The first-order valence-electron chi connectivity index (χ1n) is 4.53. The molecule has 0 fully saturated rings. The van der Waals surface area contributed by atoms with E-state index < -0.39 is 48.3 Å². The van der Waals surface area contributed by atoms with Gasteiger partial charge < -0.3 is 72.3 Å². The molecular formula is C8H18CuO16. The molecule has 0 saturated heterocycles. The van der Waals surface area contributed by atoms with E-state index in [9.17, 15) is 29.4 Å². The Hall–Kier alpha value is -1.92. The van der Waals surface area contributed by atoms with Crippen LogP contribution < -0.4 is 10.2 Å². The fraction of sp³-hybridized carbons (Fsp3) is 0.500. The first-order chi connectivity index (χ1) is 8.93. The molecule has 0 aromatic rings. The van der Waals surface area contributed by atoms with E-state index in [1.807, 2.05) is 0 Å². The summed E-state index contributed by atoms with van der Waals surface area (Å²) in [5.74, 6) is -7.65. The van der Waals surface area contributed by atoms with Gasteiger partial charge in [-0.1, -0.05) is 0 Å². The van der Waals surface area contributed by atoms with Gasteiger partial charge in [0.25, 0.3) is 0 Å². The molecule has 0 amide bonds. The van der Waals surface area contributed by atoms with Crippen molar-refractivity contribution >= 4 is 23.9 Å². The largest absolute Gasteiger partial charge is 2.00 e. The van der Waals surface area contributed by atoms with Gasteiger partial charge in [0.15, 0.2) is 12.2 Å². The van der Waals surface area contributed by atoms with Crippen LogP contribution in [0.3, 0.4) is 0 Å². The van der Waals surface area contributed by atoms with Crippen LogP contribution in [0.2, 0.25) is 0 Å². The molecule has 0 saturated carbocycles. The summed E-state index contributed by atoms with van der Waals surface area (Å²) in [6.45, 7) is 0. The SMILES string of the molecule is O.O.O.O.O=C([O-])[C@@H](O)[C@H](O)C(=O)O.O=C([O-])[C@H](O)[C@@H](O)C(=O)O.[Cu+2]. The van der Waals surface area contributed by atoms with Gasteiger partial charge in [-0.2, -0.15) is 0 Å². The van der Waals surface area contributed by atoms with Crippen molar-refractivity contribution in [3.63, 3.8) is 0 Å². The third-order valence-corrected chi connectivity index (χ3v) is 1.59. The molecule has 0 aromatic carbocycles. The Bertz CT molecular complexity index is 312. The van der Waals surface area contributed by atoms with E-state index in [0.717, 1.165) is 0 Å². The molecule has 0 spiro atoms. The number of carboxylic acids is 4. The van der Waals surface area contributed by atoms with Crippen LogP contribution in [0, 0.1) is 0 Å². The van der Waals surface area contributed by atoms with Crippen LogP contribution in [0.25, 0.3) is 0 Å². The number of hydrogen-bond donors (Lipinski definition) is 6. The predicted molar refractivity (Wildman–Crippen MR) is 63.8 cm³/mol. The number of aliphatic carboxylic acids is 4. The molecule has 0 heterocycles. The fourth-order valence-electron chi connectivity index (χ4n) is 0.528. The molecule has 1 radical (unpaired) electrons. The topological polar surface area (TPSA) is 362 Å². The van der Waals surface area contributed by atoms with Gasteiger partial charge in [-0.25, -0.2) is 9.59 Å². The van der Waals surface area contributed by atoms with Crippen LogP contribution in [-0.2, 0) is 36.2 Å². The standard InChI is InChI=1S/2C4H6O6.Cu.4H2O/c2*5-1(3(7)8)2(6)4(9)10;;;;;/h2*1-2,5-6H,(H,7,8)(H,9,10);;4*1H2/q;;+2;;;;/p-2/t2*1-,2-;;;;;/m10...../s1. The van der Waals surface area contributed by atoms with E-state index in [-0.39, 0.29) is 39.0 Å². The van der Waals surface area contributed by atoms with E-state index in [4.69, 9.17) is 30.6 Å². The summed E-state index contributed by atoms with van der Waals surface area (Å²) in [6, 6.07) is 0. The third-order valence-electron chi connectivity index (χ3n) is 1.59. The van der Waals surface area contributed by atoms with Crippen molar-refractivity contribution in [2.24, 2.45) is 0 Å². The molecule has 16 nitrogen and oxygen atoms in total. The molecule has 0 aromatic heterocycles. The molecule has 25 heavy (non-hydrogen) atoms. The zero-order valence-electron chi connectivity index (χ0n) is 11.7. The van der Waals surface area contributed by atoms with Crippen molar-refractivity contribution in [1.29, 1.82) is 0 Å². The van der Waals surface area contributed by atoms with E-state index >= 15 is 0 Å². The number of carboxylic acid groups (broad SMARTS) is 4. The summed E-state index contributed by atoms with van der Waals surface area (Å²) in [5, 5.41) is 68.3. The van der Waals surface area contributed by atoms with Gasteiger partial charge in [-0.05, 0) is 0 Å². The maximum Gasteiger partial charge on any atom is 2.00 e. The molecule has 14 N–H and O–H groups in total. The van der Waals surface area contributed by atoms with Crippen molar-refractivity contribution in [3.05, 3.63) is 0 Å². The smallest absolute Gasteiger partial charge is 0.547 e. The van der Waals surface area contributed by atoms with Gasteiger partial charge >= 0.3 is 29.0 Å². The van der Waals surface area contributed by atoms with Crippen molar-refractivity contribution in [3.8, 4) is 0 Å². The van der Waals surface area contributed by atoms with Crippen molar-refractivity contribution < 1.29 is 99.0 Å². The van der Waals surface area contributed by atoms with Gasteiger partial charge in [-0.3, -0.25) is 0 Å². The van der Waals surface area contributed by atoms with Gasteiger partial charge in [0.1, 0.15) is 12.2 Å². The number of aliphatic hydroxyl groups is 4. The Morgan fingerprint density at radius 3 is 0.760 bits per heavy atom. The maximum absolute atomic E-state index is 9.74. The predicted octanol–water partition coefficient (Wildman–Crippen LogP) is -10.2. The number of hydrogen-bond acceptors (Lipinski definition) is 10. The summed E-state index contributed by atoms with van der Waals surface area (Å²) in [4.78, 5) is 38.8. The fourth-order valence-corrected chi connectivity index (χ4v) is 0.528. The molecule has 157 valence electrons. The average Bonchev–Trinajstić information content (AvgIpc) is 2.35. The van der Waals surface area contributed by atoms with E-state index in [0.29, 0.717) is 0 Å². The summed E-state index contributed by atoms with van der Waals surface area (Å²) in [5.41, 5.74) is 0. The molecule has 0 aliphatic carbocycles. The Labute approximate surface area is 148 Å². The van der Waals surface area contributed by atoms with E-state index in [2.05, 4.69) is 0 Å². The molecule has 0 aliphatic heterocycles. The van der Waals surface area contributed by atoms with Gasteiger partial charge in [0, 0.05) is 0 Å². The van der Waals surface area contributed by atoms with Crippen molar-refractivity contribution in [2.45, 2.75) is 24.4 Å². The van der Waals surface area contributed by atoms with Crippen LogP contribution in [-0.4, -0.2) is 101 Å². The second-order valence-corrected chi connectivity index (χ2v) is 3.09. The quantitative estimate of drug-likeness (QED) is 0.212. The number of rotatable bonds is 6. The van der Waals surface area contributed by atoms with Crippen LogP contribution >= 0.6 is 0 Å². The second kappa shape index (κ2) is 20.1. The van der Waals surface area contributed by atoms with Crippen molar-refractivity contribution in [2.75, 3.05) is 0 Å². The Morgan fingerprint density at radius 1 is 0.560 bits per heavy atom. The monoisotopic (exact) mass is 433 g/mol. The van der Waals surface area contributed by atoms with Crippen LogP contribution in [0.15, 0.2) is 0 Å². The molecule has 0 unspecified atom stereocenters. The minimum Gasteiger partial charge on any atom is -0.547 e. The average molecular weight is 434 g/mol. The van der Waals surface area contributed by atoms with Gasteiger partial charge in [-0.15, -0.1) is 0 Å². The first-order valence-corrected chi connectivity index (χ1v) is 4.53. The van der Waals surface area contributed by atoms with Crippen LogP contribution in [0.5, 0.6) is 0 Å². The molecule has 0 bridgehead atoms. The van der Waals surface area contributed by atoms with Gasteiger partial charge in [0.05, 0.1) is 11.9 Å². The van der Waals surface area contributed by atoms with E-state index in [1.165, 1.54) is 0 Å². The van der Waals surface area contributed by atoms with E-state index in [1.54, 1.807) is 0 Å². The number of aliphatic hydroxyl groups excluding tert-OH is 4. The first kappa shape index (κ1) is 43.5. The minimum atomic E-state index is -2.38. The Balaban J connectivity index is -0.0000000432. The zero-order valence-corrected chi connectivity index (χ0v) is 12.7. The van der Waals surface area contributed by atoms with Crippen LogP contribution in [0.4, 0.5) is 0 Å². The molecular weight excluding hydrogens is 416 g/mol. The summed E-state index contributed by atoms with van der Waals surface area (Å²) >= 11 is 0. The summed E-state index contributed by atoms with van der Waals surface area (Å²) in [7, 11) is 0. The summed E-state index contributed by atoms with van der Waals surface area (Å²) in [6.07, 6.45) is -9.41. The Morgan fingerprint density at radius 2 is 0.720 bits per heavy atom. The number of carbonyl (C=O) groups is 4. The van der Waals surface area contributed by atoms with Crippen LogP contribution in [0.1, 0.15) is 0 Å². The second-order valence-electron chi connectivity index (χ2n) is 3.09. The zero-order chi connectivity index (χ0) is 16.6. The normalized spacial score (nSPS) is 12.6. The summed E-state index contributed by atoms with van der Waals surface area (Å²) < 4.78 is 0. The minimum absolute atomic E-state index is 0. The molecule has 17 heteroatoms. The molecule has 0 rings (SSSR count). The molecule has 0 aliphatic rings. The molecule has 4 atom stereocenters. The third kappa shape index (κ3) is 18.3. The maximum atomic E-state index is 9.74.